The molecule has 2 amide bonds. The van der Waals surface area contributed by atoms with Crippen LogP contribution in [0.4, 0.5) is 0 Å². The molecule has 0 spiro atoms. The van der Waals surface area contributed by atoms with E-state index in [1.54, 1.807) is 20.1 Å². The largest absolute Gasteiger partial charge is 0.497 e. The average Bonchev–Trinajstić information content (AvgIpc) is 2.73. The summed E-state index contributed by atoms with van der Waals surface area (Å²) in [7, 11) is 1.62. The van der Waals surface area contributed by atoms with Crippen LogP contribution in [0.15, 0.2) is 42.5 Å². The van der Waals surface area contributed by atoms with E-state index in [1.807, 2.05) is 43.3 Å². The third kappa shape index (κ3) is 6.95. The Morgan fingerprint density at radius 1 is 1.10 bits per heavy atom. The van der Waals surface area contributed by atoms with Gasteiger partial charge in [-0.25, -0.2) is 4.79 Å². The Morgan fingerprint density at radius 3 is 2.55 bits per heavy atom. The van der Waals surface area contributed by atoms with E-state index in [0.717, 1.165) is 28.5 Å². The maximum Gasteiger partial charge on any atom is 0.331 e. The number of methoxy groups -OCH3 is 1. The first-order valence-electron chi connectivity index (χ1n) is 9.42. The molecule has 7 nitrogen and oxygen atoms in total. The molecule has 2 aromatic carbocycles. The number of hydrogen-bond acceptors (Lipinski definition) is 5. The van der Waals surface area contributed by atoms with Crippen molar-refractivity contribution in [1.29, 1.82) is 0 Å². The van der Waals surface area contributed by atoms with Crippen molar-refractivity contribution in [3.63, 3.8) is 0 Å². The molecule has 0 saturated heterocycles. The fraction of sp³-hybridized carbons (Fsp3) is 0.318. The zero-order chi connectivity index (χ0) is 21.2. The Kier molecular flexibility index (Phi) is 8.21. The van der Waals surface area contributed by atoms with Gasteiger partial charge in [0.15, 0.2) is 6.61 Å². The highest BCUT2D eigenvalue weighted by Gasteiger charge is 2.15. The van der Waals surface area contributed by atoms with Crippen LogP contribution in [-0.2, 0) is 19.1 Å². The molecular formula is C22H26N2O5. The number of hydrogen-bond donors (Lipinski definition) is 2. The average molecular weight is 398 g/mol. The third-order valence-electron chi connectivity index (χ3n) is 4.15. The summed E-state index contributed by atoms with van der Waals surface area (Å²) < 4.78 is 10.1. The molecule has 0 aliphatic carbocycles. The predicted molar refractivity (Wildman–Crippen MR) is 111 cm³/mol. The van der Waals surface area contributed by atoms with Crippen molar-refractivity contribution >= 4 is 34.6 Å². The number of amides is 2. The van der Waals surface area contributed by atoms with Gasteiger partial charge < -0.3 is 20.1 Å². The highest BCUT2D eigenvalue weighted by Crippen LogP contribution is 2.22. The van der Waals surface area contributed by atoms with Crippen molar-refractivity contribution in [2.75, 3.05) is 20.3 Å². The summed E-state index contributed by atoms with van der Waals surface area (Å²) in [5, 5.41) is 7.20. The summed E-state index contributed by atoms with van der Waals surface area (Å²) in [6, 6.07) is 10.8. The van der Waals surface area contributed by atoms with Crippen LogP contribution in [0, 0.1) is 0 Å². The first-order valence-corrected chi connectivity index (χ1v) is 9.42. The molecule has 0 bridgehead atoms. The quantitative estimate of drug-likeness (QED) is 0.500. The minimum absolute atomic E-state index is 0.277. The van der Waals surface area contributed by atoms with Crippen LogP contribution in [0.2, 0.25) is 0 Å². The van der Waals surface area contributed by atoms with Gasteiger partial charge in [-0.05, 0) is 54.0 Å². The number of fused-ring (bicyclic) bond motifs is 1. The van der Waals surface area contributed by atoms with E-state index in [2.05, 4.69) is 10.6 Å². The second-order valence-corrected chi connectivity index (χ2v) is 6.49. The molecule has 0 saturated carbocycles. The summed E-state index contributed by atoms with van der Waals surface area (Å²) >= 11 is 0. The standard InChI is InChI=1S/C22H26N2O5/c1-4-11-23-22(27)15(2)24-20(25)14-29-21(26)10-6-16-5-7-18-13-19(28-3)9-8-17(18)12-16/h5-10,12-13,15H,4,11,14H2,1-3H3,(H,23,27)(H,24,25)/b10-6+/t15-/m0/s1. The van der Waals surface area contributed by atoms with Crippen molar-refractivity contribution in [2.24, 2.45) is 0 Å². The van der Waals surface area contributed by atoms with Crippen LogP contribution in [0.1, 0.15) is 25.8 Å². The zero-order valence-corrected chi connectivity index (χ0v) is 16.9. The summed E-state index contributed by atoms with van der Waals surface area (Å²) in [5.41, 5.74) is 0.824. The zero-order valence-electron chi connectivity index (χ0n) is 16.9. The van der Waals surface area contributed by atoms with Crippen LogP contribution in [-0.4, -0.2) is 44.1 Å². The Balaban J connectivity index is 1.84. The molecule has 1 atom stereocenters. The fourth-order valence-corrected chi connectivity index (χ4v) is 2.57. The number of benzene rings is 2. The van der Waals surface area contributed by atoms with Crippen LogP contribution in [0.25, 0.3) is 16.8 Å². The molecule has 0 heterocycles. The molecule has 154 valence electrons. The van der Waals surface area contributed by atoms with E-state index in [9.17, 15) is 14.4 Å². The number of rotatable bonds is 9. The van der Waals surface area contributed by atoms with E-state index in [1.165, 1.54) is 6.08 Å². The van der Waals surface area contributed by atoms with Gasteiger partial charge in [0, 0.05) is 12.6 Å². The van der Waals surface area contributed by atoms with Crippen LogP contribution in [0.5, 0.6) is 5.75 Å². The molecule has 0 radical (unpaired) electrons. The van der Waals surface area contributed by atoms with E-state index >= 15 is 0 Å². The summed E-state index contributed by atoms with van der Waals surface area (Å²) in [6.45, 7) is 3.60. The smallest absolute Gasteiger partial charge is 0.331 e. The molecule has 0 fully saturated rings. The summed E-state index contributed by atoms with van der Waals surface area (Å²) in [5.74, 6) is -0.677. The highest BCUT2D eigenvalue weighted by molar-refractivity contribution is 5.92. The number of ether oxygens (including phenoxy) is 2. The molecule has 2 aromatic rings. The lowest BCUT2D eigenvalue weighted by Gasteiger charge is -2.13. The molecule has 2 rings (SSSR count). The van der Waals surface area contributed by atoms with Crippen molar-refractivity contribution in [1.82, 2.24) is 10.6 Å². The molecule has 0 unspecified atom stereocenters. The van der Waals surface area contributed by atoms with Crippen LogP contribution < -0.4 is 15.4 Å². The SMILES string of the molecule is CCCNC(=O)[C@H](C)NC(=O)COC(=O)/C=C/c1ccc2cc(OC)ccc2c1. The number of esters is 1. The van der Waals surface area contributed by atoms with Crippen molar-refractivity contribution in [3.8, 4) is 5.75 Å². The third-order valence-corrected chi connectivity index (χ3v) is 4.15. The van der Waals surface area contributed by atoms with Crippen molar-refractivity contribution in [3.05, 3.63) is 48.0 Å². The van der Waals surface area contributed by atoms with Gasteiger partial charge in [-0.3, -0.25) is 9.59 Å². The number of nitrogens with one attached hydrogen (secondary N) is 2. The van der Waals surface area contributed by atoms with Gasteiger partial charge in [-0.1, -0.05) is 25.1 Å². The van der Waals surface area contributed by atoms with Crippen molar-refractivity contribution < 1.29 is 23.9 Å². The first kappa shape index (κ1) is 21.9. The molecule has 0 aliphatic rings. The fourth-order valence-electron chi connectivity index (χ4n) is 2.57. The van der Waals surface area contributed by atoms with Gasteiger partial charge >= 0.3 is 5.97 Å². The topological polar surface area (TPSA) is 93.7 Å². The minimum atomic E-state index is -0.695. The number of carbonyl (C=O) groups is 3. The Bertz CT molecular complexity index is 907. The van der Waals surface area contributed by atoms with E-state index in [0.29, 0.717) is 6.54 Å². The van der Waals surface area contributed by atoms with E-state index in [-0.39, 0.29) is 5.91 Å². The van der Waals surface area contributed by atoms with Gasteiger partial charge in [-0.2, -0.15) is 0 Å². The van der Waals surface area contributed by atoms with Gasteiger partial charge in [0.2, 0.25) is 5.91 Å². The van der Waals surface area contributed by atoms with Gasteiger partial charge in [-0.15, -0.1) is 0 Å². The Hall–Kier alpha value is -3.35. The molecule has 29 heavy (non-hydrogen) atoms. The maximum absolute atomic E-state index is 11.8. The lowest BCUT2D eigenvalue weighted by molar-refractivity contribution is -0.144. The molecule has 7 heteroatoms. The van der Waals surface area contributed by atoms with Crippen LogP contribution in [0.3, 0.4) is 0 Å². The van der Waals surface area contributed by atoms with E-state index in [4.69, 9.17) is 9.47 Å². The summed E-state index contributed by atoms with van der Waals surface area (Å²) in [4.78, 5) is 35.4. The van der Waals surface area contributed by atoms with Gasteiger partial charge in [0.25, 0.3) is 5.91 Å². The second kappa shape index (κ2) is 10.8. The van der Waals surface area contributed by atoms with Gasteiger partial charge in [0.1, 0.15) is 11.8 Å². The number of carbonyl (C=O) groups excluding carboxylic acids is 3. The van der Waals surface area contributed by atoms with Crippen LogP contribution >= 0.6 is 0 Å². The summed E-state index contributed by atoms with van der Waals surface area (Å²) in [6.07, 6.45) is 3.68. The van der Waals surface area contributed by atoms with Gasteiger partial charge in [0.05, 0.1) is 7.11 Å². The lowest BCUT2D eigenvalue weighted by atomic mass is 10.1. The maximum atomic E-state index is 11.8. The Morgan fingerprint density at radius 2 is 1.83 bits per heavy atom. The van der Waals surface area contributed by atoms with E-state index < -0.39 is 24.5 Å². The highest BCUT2D eigenvalue weighted by atomic mass is 16.5. The molecular weight excluding hydrogens is 372 g/mol. The van der Waals surface area contributed by atoms with Crippen molar-refractivity contribution in [2.45, 2.75) is 26.3 Å². The lowest BCUT2D eigenvalue weighted by Crippen LogP contribution is -2.46. The molecule has 2 N–H and O–H groups in total. The predicted octanol–water partition coefficient (Wildman–Crippen LogP) is 2.44. The second-order valence-electron chi connectivity index (χ2n) is 6.49. The normalized spacial score (nSPS) is 11.8. The first-order chi connectivity index (χ1) is 13.9. The monoisotopic (exact) mass is 398 g/mol. The Labute approximate surface area is 170 Å². The molecule has 0 aromatic heterocycles. The molecule has 0 aliphatic heterocycles. The minimum Gasteiger partial charge on any atom is -0.497 e.